The molecule has 1 aromatic carbocycles. The third kappa shape index (κ3) is 3.74. The topological polar surface area (TPSA) is 34.1 Å². The first kappa shape index (κ1) is 14.4. The Morgan fingerprint density at radius 1 is 1.24 bits per heavy atom. The van der Waals surface area contributed by atoms with Crippen molar-refractivity contribution in [2.75, 3.05) is 0 Å². The SMILES string of the molecule is Cc1cc(Oc2cc(Cl)ccc2C)c(CNC2CC2)cn1. The van der Waals surface area contributed by atoms with Crippen LogP contribution in [0.3, 0.4) is 0 Å². The summed E-state index contributed by atoms with van der Waals surface area (Å²) in [4.78, 5) is 4.37. The lowest BCUT2D eigenvalue weighted by Crippen LogP contribution is -2.16. The van der Waals surface area contributed by atoms with Crippen molar-refractivity contribution in [1.82, 2.24) is 10.3 Å². The molecule has 21 heavy (non-hydrogen) atoms. The zero-order chi connectivity index (χ0) is 14.8. The third-order valence-corrected chi connectivity index (χ3v) is 3.84. The molecule has 1 heterocycles. The quantitative estimate of drug-likeness (QED) is 0.889. The molecule has 0 radical (unpaired) electrons. The number of nitrogens with zero attached hydrogens (tertiary/aromatic N) is 1. The average molecular weight is 303 g/mol. The molecule has 0 bridgehead atoms. The second-order valence-corrected chi connectivity index (χ2v) is 6.04. The van der Waals surface area contributed by atoms with Gasteiger partial charge in [-0.05, 0) is 44.4 Å². The van der Waals surface area contributed by atoms with Crippen LogP contribution in [0.25, 0.3) is 0 Å². The number of aromatic nitrogens is 1. The Bertz CT molecular complexity index is 653. The summed E-state index contributed by atoms with van der Waals surface area (Å²) < 4.78 is 6.09. The Balaban J connectivity index is 1.85. The number of aryl methyl sites for hydroxylation is 2. The van der Waals surface area contributed by atoms with Crippen LogP contribution >= 0.6 is 11.6 Å². The van der Waals surface area contributed by atoms with Gasteiger partial charge >= 0.3 is 0 Å². The van der Waals surface area contributed by atoms with E-state index in [1.54, 1.807) is 0 Å². The largest absolute Gasteiger partial charge is 0.457 e. The van der Waals surface area contributed by atoms with Crippen LogP contribution in [0.4, 0.5) is 0 Å². The van der Waals surface area contributed by atoms with Crippen LogP contribution in [0, 0.1) is 13.8 Å². The van der Waals surface area contributed by atoms with Gasteiger partial charge in [-0.25, -0.2) is 0 Å². The molecule has 1 N–H and O–H groups in total. The summed E-state index contributed by atoms with van der Waals surface area (Å²) in [5.74, 6) is 1.64. The smallest absolute Gasteiger partial charge is 0.135 e. The van der Waals surface area contributed by atoms with Crippen molar-refractivity contribution < 1.29 is 4.74 Å². The van der Waals surface area contributed by atoms with Gasteiger partial charge < -0.3 is 10.1 Å². The van der Waals surface area contributed by atoms with Crippen molar-refractivity contribution >= 4 is 11.6 Å². The Kier molecular flexibility index (Phi) is 4.13. The van der Waals surface area contributed by atoms with E-state index in [-0.39, 0.29) is 0 Å². The van der Waals surface area contributed by atoms with Gasteiger partial charge in [-0.2, -0.15) is 0 Å². The molecule has 1 aliphatic rings. The minimum absolute atomic E-state index is 0.659. The van der Waals surface area contributed by atoms with Gasteiger partial charge in [-0.15, -0.1) is 0 Å². The first-order chi connectivity index (χ1) is 10.1. The number of ether oxygens (including phenoxy) is 1. The number of halogens is 1. The summed E-state index contributed by atoms with van der Waals surface area (Å²) in [6.45, 7) is 4.77. The molecule has 0 saturated heterocycles. The second-order valence-electron chi connectivity index (χ2n) is 5.60. The fourth-order valence-corrected chi connectivity index (χ4v) is 2.30. The summed E-state index contributed by atoms with van der Waals surface area (Å²) in [6.07, 6.45) is 4.42. The van der Waals surface area contributed by atoms with Crippen molar-refractivity contribution in [1.29, 1.82) is 0 Å². The molecule has 0 unspecified atom stereocenters. The van der Waals surface area contributed by atoms with Gasteiger partial charge in [0.05, 0.1) is 0 Å². The van der Waals surface area contributed by atoms with E-state index in [4.69, 9.17) is 16.3 Å². The molecule has 0 amide bonds. The first-order valence-corrected chi connectivity index (χ1v) is 7.62. The van der Waals surface area contributed by atoms with Crippen molar-refractivity contribution in [2.24, 2.45) is 0 Å². The molecule has 3 nitrogen and oxygen atoms in total. The van der Waals surface area contributed by atoms with Crippen molar-refractivity contribution in [3.8, 4) is 11.5 Å². The predicted octanol–water partition coefficient (Wildman–Crippen LogP) is 4.40. The van der Waals surface area contributed by atoms with Crippen LogP contribution in [0.2, 0.25) is 5.02 Å². The Morgan fingerprint density at radius 3 is 2.81 bits per heavy atom. The van der Waals surface area contributed by atoms with Crippen LogP contribution < -0.4 is 10.1 Å². The minimum atomic E-state index is 0.659. The predicted molar refractivity (Wildman–Crippen MR) is 85.1 cm³/mol. The number of rotatable bonds is 5. The van der Waals surface area contributed by atoms with Crippen molar-refractivity contribution in [2.45, 2.75) is 39.3 Å². The maximum absolute atomic E-state index is 6.09. The van der Waals surface area contributed by atoms with Gasteiger partial charge in [0.15, 0.2) is 0 Å². The Morgan fingerprint density at radius 2 is 2.05 bits per heavy atom. The highest BCUT2D eigenvalue weighted by molar-refractivity contribution is 6.30. The van der Waals surface area contributed by atoms with Gasteiger partial charge in [0.1, 0.15) is 11.5 Å². The van der Waals surface area contributed by atoms with E-state index < -0.39 is 0 Å². The van der Waals surface area contributed by atoms with Crippen LogP contribution in [0.5, 0.6) is 11.5 Å². The van der Waals surface area contributed by atoms with Crippen LogP contribution in [-0.4, -0.2) is 11.0 Å². The fourth-order valence-electron chi connectivity index (χ4n) is 2.13. The summed E-state index contributed by atoms with van der Waals surface area (Å²) in [5.41, 5.74) is 3.08. The van der Waals surface area contributed by atoms with Gasteiger partial charge in [-0.1, -0.05) is 17.7 Å². The molecule has 1 fully saturated rings. The maximum Gasteiger partial charge on any atom is 0.135 e. The lowest BCUT2D eigenvalue weighted by molar-refractivity contribution is 0.467. The molecule has 1 saturated carbocycles. The summed E-state index contributed by atoms with van der Waals surface area (Å²) >= 11 is 6.06. The first-order valence-electron chi connectivity index (χ1n) is 7.25. The molecule has 4 heteroatoms. The lowest BCUT2D eigenvalue weighted by Gasteiger charge is -2.14. The molecule has 0 atom stereocenters. The summed E-state index contributed by atoms with van der Waals surface area (Å²) in [6, 6.07) is 8.33. The van der Waals surface area contributed by atoms with Crippen molar-refractivity contribution in [3.05, 3.63) is 52.3 Å². The van der Waals surface area contributed by atoms with E-state index in [0.717, 1.165) is 34.9 Å². The van der Waals surface area contributed by atoms with Gasteiger partial charge in [-0.3, -0.25) is 4.98 Å². The number of hydrogen-bond donors (Lipinski definition) is 1. The molecule has 0 spiro atoms. The molecule has 1 aliphatic carbocycles. The maximum atomic E-state index is 6.09. The van der Waals surface area contributed by atoms with Gasteiger partial charge in [0, 0.05) is 41.1 Å². The molecule has 1 aromatic heterocycles. The minimum Gasteiger partial charge on any atom is -0.457 e. The van der Waals surface area contributed by atoms with E-state index >= 15 is 0 Å². The van der Waals surface area contributed by atoms with Crippen LogP contribution in [0.1, 0.15) is 29.7 Å². The van der Waals surface area contributed by atoms with Gasteiger partial charge in [0.25, 0.3) is 0 Å². The van der Waals surface area contributed by atoms with E-state index in [0.29, 0.717) is 11.1 Å². The zero-order valence-electron chi connectivity index (χ0n) is 12.3. The average Bonchev–Trinajstić information content (AvgIpc) is 3.26. The lowest BCUT2D eigenvalue weighted by atomic mass is 10.2. The Labute approximate surface area is 130 Å². The standard InChI is InChI=1S/C17H19ClN2O/c1-11-3-4-14(18)8-16(11)21-17-7-12(2)19-9-13(17)10-20-15-5-6-15/h3-4,7-9,15,20H,5-6,10H2,1-2H3. The van der Waals surface area contributed by atoms with E-state index in [2.05, 4.69) is 10.3 Å². The van der Waals surface area contributed by atoms with E-state index in [9.17, 15) is 0 Å². The number of nitrogens with one attached hydrogen (secondary N) is 1. The fraction of sp³-hybridized carbons (Fsp3) is 0.353. The van der Waals surface area contributed by atoms with Crippen molar-refractivity contribution in [3.63, 3.8) is 0 Å². The summed E-state index contributed by atoms with van der Waals surface area (Å²) in [7, 11) is 0. The van der Waals surface area contributed by atoms with E-state index in [1.165, 1.54) is 12.8 Å². The molecule has 2 aromatic rings. The highest BCUT2D eigenvalue weighted by Crippen LogP contribution is 2.31. The molecular formula is C17H19ClN2O. The summed E-state index contributed by atoms with van der Waals surface area (Å²) in [5, 5.41) is 4.18. The number of benzene rings is 1. The third-order valence-electron chi connectivity index (χ3n) is 3.61. The molecule has 0 aliphatic heterocycles. The molecule has 110 valence electrons. The number of pyridine rings is 1. The Hall–Kier alpha value is -1.58. The highest BCUT2D eigenvalue weighted by Gasteiger charge is 2.21. The highest BCUT2D eigenvalue weighted by atomic mass is 35.5. The number of hydrogen-bond acceptors (Lipinski definition) is 3. The van der Waals surface area contributed by atoms with Crippen LogP contribution in [-0.2, 0) is 6.54 Å². The normalized spacial score (nSPS) is 14.2. The molecular weight excluding hydrogens is 284 g/mol. The van der Waals surface area contributed by atoms with E-state index in [1.807, 2.05) is 44.3 Å². The zero-order valence-corrected chi connectivity index (χ0v) is 13.1. The monoisotopic (exact) mass is 302 g/mol. The van der Waals surface area contributed by atoms with Crippen LogP contribution in [0.15, 0.2) is 30.5 Å². The molecule has 3 rings (SSSR count). The van der Waals surface area contributed by atoms with Gasteiger partial charge in [0.2, 0.25) is 0 Å². The second kappa shape index (κ2) is 6.04.